The van der Waals surface area contributed by atoms with Crippen molar-refractivity contribution in [2.45, 2.75) is 20.3 Å². The van der Waals surface area contributed by atoms with Gasteiger partial charge in [-0.2, -0.15) is 0 Å². The summed E-state index contributed by atoms with van der Waals surface area (Å²) in [4.78, 5) is 11.6. The minimum Gasteiger partial charge on any atom is -0.399 e. The highest BCUT2D eigenvalue weighted by molar-refractivity contribution is 5.91. The molecule has 0 aromatic heterocycles. The van der Waals surface area contributed by atoms with Gasteiger partial charge in [0.05, 0.1) is 0 Å². The van der Waals surface area contributed by atoms with Crippen LogP contribution in [0.2, 0.25) is 0 Å². The molecule has 4 nitrogen and oxygen atoms in total. The van der Waals surface area contributed by atoms with Gasteiger partial charge in [-0.1, -0.05) is 26.0 Å². The van der Waals surface area contributed by atoms with E-state index in [1.807, 2.05) is 26.0 Å². The number of aliphatic hydroxyl groups is 1. The van der Waals surface area contributed by atoms with E-state index in [-0.39, 0.29) is 17.9 Å². The highest BCUT2D eigenvalue weighted by Gasteiger charge is 2.17. The van der Waals surface area contributed by atoms with Crippen LogP contribution in [-0.4, -0.2) is 24.2 Å². The molecule has 0 radical (unpaired) electrons. The minimum absolute atomic E-state index is 0.0978. The summed E-state index contributed by atoms with van der Waals surface area (Å²) in [7, 11) is 0. The standard InChI is InChI=1S/C15H22N2O2/c1-15(2,9-10-18)11-17-14(19)8-5-12-3-6-13(16)7-4-12/h3-8,18H,9-11,16H2,1-2H3,(H,17,19)/b8-5+. The summed E-state index contributed by atoms with van der Waals surface area (Å²) in [5, 5.41) is 11.7. The Kier molecular flexibility index (Phi) is 5.57. The van der Waals surface area contributed by atoms with Crippen LogP contribution in [0, 0.1) is 5.41 Å². The van der Waals surface area contributed by atoms with Gasteiger partial charge < -0.3 is 16.2 Å². The summed E-state index contributed by atoms with van der Waals surface area (Å²) >= 11 is 0. The SMILES string of the molecule is CC(C)(CCO)CNC(=O)/C=C/c1ccc(N)cc1. The van der Waals surface area contributed by atoms with Gasteiger partial charge in [-0.25, -0.2) is 0 Å². The Bertz CT molecular complexity index is 436. The number of nitrogen functional groups attached to an aromatic ring is 1. The van der Waals surface area contributed by atoms with Crippen molar-refractivity contribution < 1.29 is 9.90 Å². The van der Waals surface area contributed by atoms with Crippen LogP contribution in [0.5, 0.6) is 0 Å². The number of carbonyl (C=O) groups excluding carboxylic acids is 1. The molecule has 1 aromatic rings. The molecule has 0 spiro atoms. The lowest BCUT2D eigenvalue weighted by atomic mass is 9.90. The van der Waals surface area contributed by atoms with Crippen molar-refractivity contribution in [3.05, 3.63) is 35.9 Å². The fourth-order valence-corrected chi connectivity index (χ4v) is 1.56. The number of benzene rings is 1. The average molecular weight is 262 g/mol. The van der Waals surface area contributed by atoms with E-state index in [2.05, 4.69) is 5.32 Å². The van der Waals surface area contributed by atoms with Crippen LogP contribution in [0.25, 0.3) is 6.08 Å². The van der Waals surface area contributed by atoms with Crippen LogP contribution in [0.15, 0.2) is 30.3 Å². The maximum atomic E-state index is 11.6. The quantitative estimate of drug-likeness (QED) is 0.540. The number of rotatable bonds is 6. The highest BCUT2D eigenvalue weighted by Crippen LogP contribution is 2.17. The van der Waals surface area contributed by atoms with Crippen LogP contribution in [-0.2, 0) is 4.79 Å². The number of nitrogens with two attached hydrogens (primary N) is 1. The van der Waals surface area contributed by atoms with E-state index in [1.165, 1.54) is 6.08 Å². The van der Waals surface area contributed by atoms with Crippen LogP contribution in [0.4, 0.5) is 5.69 Å². The Morgan fingerprint density at radius 1 is 1.37 bits per heavy atom. The Balaban J connectivity index is 2.45. The molecule has 1 aromatic carbocycles. The van der Waals surface area contributed by atoms with Gasteiger partial charge in [0.15, 0.2) is 0 Å². The van der Waals surface area contributed by atoms with Gasteiger partial charge >= 0.3 is 0 Å². The molecule has 4 N–H and O–H groups in total. The third kappa shape index (κ3) is 6.06. The van der Waals surface area contributed by atoms with Crippen molar-refractivity contribution in [2.24, 2.45) is 5.41 Å². The molecule has 19 heavy (non-hydrogen) atoms. The molecule has 0 aliphatic rings. The minimum atomic E-state index is -0.136. The largest absolute Gasteiger partial charge is 0.399 e. The van der Waals surface area contributed by atoms with E-state index >= 15 is 0 Å². The maximum absolute atomic E-state index is 11.6. The van der Waals surface area contributed by atoms with Gasteiger partial charge in [0.1, 0.15) is 0 Å². The van der Waals surface area contributed by atoms with Crippen molar-refractivity contribution in [3.63, 3.8) is 0 Å². The van der Waals surface area contributed by atoms with Gasteiger partial charge in [-0.15, -0.1) is 0 Å². The molecule has 0 atom stereocenters. The van der Waals surface area contributed by atoms with Crippen LogP contribution < -0.4 is 11.1 Å². The van der Waals surface area contributed by atoms with Gasteiger partial charge in [-0.05, 0) is 35.6 Å². The second-order valence-corrected chi connectivity index (χ2v) is 5.36. The number of aliphatic hydroxyl groups excluding tert-OH is 1. The zero-order chi connectivity index (χ0) is 14.3. The van der Waals surface area contributed by atoms with Crippen molar-refractivity contribution in [3.8, 4) is 0 Å². The van der Waals surface area contributed by atoms with E-state index < -0.39 is 0 Å². The molecular weight excluding hydrogens is 240 g/mol. The third-order valence-electron chi connectivity index (χ3n) is 2.89. The fourth-order valence-electron chi connectivity index (χ4n) is 1.56. The summed E-state index contributed by atoms with van der Waals surface area (Å²) in [5.74, 6) is -0.136. The zero-order valence-electron chi connectivity index (χ0n) is 11.5. The number of hydrogen-bond donors (Lipinski definition) is 3. The number of carbonyl (C=O) groups is 1. The Hall–Kier alpha value is -1.81. The molecule has 0 aliphatic carbocycles. The molecule has 104 valence electrons. The molecule has 4 heteroatoms. The van der Waals surface area contributed by atoms with Gasteiger partial charge in [-0.3, -0.25) is 4.79 Å². The molecule has 0 saturated heterocycles. The lowest BCUT2D eigenvalue weighted by molar-refractivity contribution is -0.116. The predicted octanol–water partition coefficient (Wildman–Crippen LogP) is 1.81. The second-order valence-electron chi connectivity index (χ2n) is 5.36. The Morgan fingerprint density at radius 2 is 2.00 bits per heavy atom. The molecule has 0 heterocycles. The maximum Gasteiger partial charge on any atom is 0.244 e. The normalized spacial score (nSPS) is 11.7. The van der Waals surface area contributed by atoms with Gasteiger partial charge in [0.2, 0.25) is 5.91 Å². The summed E-state index contributed by atoms with van der Waals surface area (Å²) < 4.78 is 0. The molecule has 0 unspecified atom stereocenters. The lowest BCUT2D eigenvalue weighted by Gasteiger charge is -2.23. The summed E-state index contributed by atoms with van der Waals surface area (Å²) in [6, 6.07) is 7.30. The van der Waals surface area contributed by atoms with E-state index in [4.69, 9.17) is 10.8 Å². The topological polar surface area (TPSA) is 75.3 Å². The molecule has 1 rings (SSSR count). The second kappa shape index (κ2) is 6.95. The number of nitrogens with one attached hydrogen (secondary N) is 1. The van der Waals surface area contributed by atoms with E-state index in [9.17, 15) is 4.79 Å². The van der Waals surface area contributed by atoms with E-state index in [0.29, 0.717) is 18.7 Å². The number of amides is 1. The number of hydrogen-bond acceptors (Lipinski definition) is 3. The first-order valence-corrected chi connectivity index (χ1v) is 6.35. The molecule has 0 bridgehead atoms. The van der Waals surface area contributed by atoms with Crippen molar-refractivity contribution >= 4 is 17.7 Å². The van der Waals surface area contributed by atoms with E-state index in [0.717, 1.165) is 5.56 Å². The number of anilines is 1. The fraction of sp³-hybridized carbons (Fsp3) is 0.400. The Labute approximate surface area is 114 Å². The predicted molar refractivity (Wildman–Crippen MR) is 78.4 cm³/mol. The lowest BCUT2D eigenvalue weighted by Crippen LogP contribution is -2.33. The molecule has 0 saturated carbocycles. The third-order valence-corrected chi connectivity index (χ3v) is 2.89. The van der Waals surface area contributed by atoms with Gasteiger partial charge in [0.25, 0.3) is 0 Å². The Morgan fingerprint density at radius 3 is 2.58 bits per heavy atom. The summed E-state index contributed by atoms with van der Waals surface area (Å²) in [6.07, 6.45) is 3.91. The van der Waals surface area contributed by atoms with Crippen LogP contribution in [0.1, 0.15) is 25.8 Å². The molecule has 1 amide bonds. The van der Waals surface area contributed by atoms with Crippen molar-refractivity contribution in [2.75, 3.05) is 18.9 Å². The van der Waals surface area contributed by atoms with Crippen LogP contribution in [0.3, 0.4) is 0 Å². The smallest absolute Gasteiger partial charge is 0.244 e. The van der Waals surface area contributed by atoms with Crippen molar-refractivity contribution in [1.29, 1.82) is 0 Å². The first kappa shape index (κ1) is 15.2. The summed E-state index contributed by atoms with van der Waals surface area (Å²) in [6.45, 7) is 4.68. The molecule has 0 aliphatic heterocycles. The van der Waals surface area contributed by atoms with Crippen LogP contribution >= 0.6 is 0 Å². The molecular formula is C15H22N2O2. The average Bonchev–Trinajstić information content (AvgIpc) is 2.36. The van der Waals surface area contributed by atoms with Gasteiger partial charge in [0, 0.05) is 24.9 Å². The first-order chi connectivity index (χ1) is 8.93. The monoisotopic (exact) mass is 262 g/mol. The first-order valence-electron chi connectivity index (χ1n) is 6.35. The zero-order valence-corrected chi connectivity index (χ0v) is 11.5. The summed E-state index contributed by atoms with van der Waals surface area (Å²) in [5.41, 5.74) is 7.12. The molecule has 0 fully saturated rings. The highest BCUT2D eigenvalue weighted by atomic mass is 16.3. The van der Waals surface area contributed by atoms with Crippen molar-refractivity contribution in [1.82, 2.24) is 5.32 Å². The van der Waals surface area contributed by atoms with E-state index in [1.54, 1.807) is 18.2 Å².